The molecule has 0 aliphatic carbocycles. The van der Waals surface area contributed by atoms with Gasteiger partial charge in [-0.1, -0.05) is 26.7 Å². The van der Waals surface area contributed by atoms with Gasteiger partial charge in [-0.3, -0.25) is 4.79 Å². The van der Waals surface area contributed by atoms with Crippen molar-refractivity contribution in [1.82, 2.24) is 9.55 Å². The number of anilines is 1. The fourth-order valence-electron chi connectivity index (χ4n) is 2.22. The van der Waals surface area contributed by atoms with Crippen LogP contribution in [0.3, 0.4) is 0 Å². The molecule has 0 saturated carbocycles. The highest BCUT2D eigenvalue weighted by Crippen LogP contribution is 2.18. The highest BCUT2D eigenvalue weighted by atomic mass is 35.5. The molecular formula is C15H26ClN3O. The summed E-state index contributed by atoms with van der Waals surface area (Å²) >= 11 is 6.38. The Kier molecular flexibility index (Phi) is 6.06. The second-order valence-electron chi connectivity index (χ2n) is 6.10. The van der Waals surface area contributed by atoms with Crippen molar-refractivity contribution in [3.05, 3.63) is 22.7 Å². The van der Waals surface area contributed by atoms with Gasteiger partial charge in [0.25, 0.3) is 5.56 Å². The Bertz CT molecular complexity index is 475. The number of hydrogen-bond donors (Lipinski definition) is 1. The average molecular weight is 300 g/mol. The van der Waals surface area contributed by atoms with E-state index in [4.69, 9.17) is 11.6 Å². The molecule has 1 rings (SSSR count). The molecule has 114 valence electrons. The predicted octanol–water partition coefficient (Wildman–Crippen LogP) is 3.45. The lowest BCUT2D eigenvalue weighted by atomic mass is 9.99. The van der Waals surface area contributed by atoms with Gasteiger partial charge in [-0.05, 0) is 26.7 Å². The molecule has 4 nitrogen and oxygen atoms in total. The maximum absolute atomic E-state index is 12.3. The molecule has 0 aliphatic heterocycles. The largest absolute Gasteiger partial charge is 0.364 e. The molecule has 0 fully saturated rings. The summed E-state index contributed by atoms with van der Waals surface area (Å²) < 4.78 is 1.68. The van der Waals surface area contributed by atoms with Crippen LogP contribution < -0.4 is 10.9 Å². The van der Waals surface area contributed by atoms with E-state index in [9.17, 15) is 4.79 Å². The van der Waals surface area contributed by atoms with E-state index in [1.165, 1.54) is 0 Å². The molecule has 1 aromatic rings. The minimum atomic E-state index is -0.258. The SMILES string of the molecule is CCC(CC)C(Cl)CNc1nccn(C(C)(C)C)c1=O. The lowest BCUT2D eigenvalue weighted by Crippen LogP contribution is -2.36. The number of aromatic nitrogens is 2. The van der Waals surface area contributed by atoms with Gasteiger partial charge in [0.2, 0.25) is 0 Å². The van der Waals surface area contributed by atoms with Crippen LogP contribution in [-0.2, 0) is 5.54 Å². The van der Waals surface area contributed by atoms with Crippen LogP contribution in [-0.4, -0.2) is 21.5 Å². The highest BCUT2D eigenvalue weighted by molar-refractivity contribution is 6.21. The molecular weight excluding hydrogens is 274 g/mol. The highest BCUT2D eigenvalue weighted by Gasteiger charge is 2.19. The van der Waals surface area contributed by atoms with Crippen molar-refractivity contribution >= 4 is 17.4 Å². The fourth-order valence-corrected chi connectivity index (χ4v) is 2.66. The van der Waals surface area contributed by atoms with Crippen LogP contribution in [0.15, 0.2) is 17.2 Å². The first-order chi connectivity index (χ1) is 9.31. The molecule has 0 spiro atoms. The summed E-state index contributed by atoms with van der Waals surface area (Å²) in [4.78, 5) is 16.5. The third kappa shape index (κ3) is 4.23. The van der Waals surface area contributed by atoms with Crippen LogP contribution in [0.25, 0.3) is 0 Å². The minimum absolute atomic E-state index is 0.00879. The molecule has 0 aromatic carbocycles. The van der Waals surface area contributed by atoms with E-state index in [1.54, 1.807) is 17.0 Å². The maximum atomic E-state index is 12.3. The Morgan fingerprint density at radius 3 is 2.45 bits per heavy atom. The summed E-state index contributed by atoms with van der Waals surface area (Å²) in [5.74, 6) is 0.830. The van der Waals surface area contributed by atoms with Crippen molar-refractivity contribution in [3.63, 3.8) is 0 Å². The van der Waals surface area contributed by atoms with Crippen molar-refractivity contribution in [2.24, 2.45) is 5.92 Å². The van der Waals surface area contributed by atoms with Crippen LogP contribution in [0.1, 0.15) is 47.5 Å². The van der Waals surface area contributed by atoms with Gasteiger partial charge in [0.15, 0.2) is 5.82 Å². The van der Waals surface area contributed by atoms with Crippen LogP contribution in [0.5, 0.6) is 0 Å². The van der Waals surface area contributed by atoms with Gasteiger partial charge in [-0.2, -0.15) is 0 Å². The summed E-state index contributed by atoms with van der Waals surface area (Å²) in [5.41, 5.74) is -0.361. The zero-order valence-electron chi connectivity index (χ0n) is 13.1. The number of nitrogens with one attached hydrogen (secondary N) is 1. The molecule has 1 N–H and O–H groups in total. The monoisotopic (exact) mass is 299 g/mol. The first kappa shape index (κ1) is 17.0. The Morgan fingerprint density at radius 1 is 1.35 bits per heavy atom. The molecule has 20 heavy (non-hydrogen) atoms. The second kappa shape index (κ2) is 7.11. The number of nitrogens with zero attached hydrogens (tertiary/aromatic N) is 2. The fraction of sp³-hybridized carbons (Fsp3) is 0.733. The lowest BCUT2D eigenvalue weighted by molar-refractivity contribution is 0.383. The molecule has 0 radical (unpaired) electrons. The van der Waals surface area contributed by atoms with Crippen molar-refractivity contribution in [2.75, 3.05) is 11.9 Å². The molecule has 0 saturated heterocycles. The van der Waals surface area contributed by atoms with E-state index in [-0.39, 0.29) is 16.5 Å². The molecule has 1 unspecified atom stereocenters. The molecule has 1 atom stereocenters. The van der Waals surface area contributed by atoms with E-state index in [0.717, 1.165) is 12.8 Å². The van der Waals surface area contributed by atoms with E-state index in [2.05, 4.69) is 24.1 Å². The van der Waals surface area contributed by atoms with Crippen LogP contribution in [0, 0.1) is 5.92 Å². The van der Waals surface area contributed by atoms with E-state index in [0.29, 0.717) is 18.3 Å². The molecule has 0 aliphatic rings. The molecule has 0 amide bonds. The van der Waals surface area contributed by atoms with Gasteiger partial charge < -0.3 is 9.88 Å². The number of alkyl halides is 1. The Morgan fingerprint density at radius 2 is 1.95 bits per heavy atom. The summed E-state index contributed by atoms with van der Waals surface area (Å²) in [5, 5.41) is 3.11. The first-order valence-corrected chi connectivity index (χ1v) is 7.71. The molecule has 0 bridgehead atoms. The van der Waals surface area contributed by atoms with Crippen LogP contribution in [0.4, 0.5) is 5.82 Å². The Hall–Kier alpha value is -1.03. The van der Waals surface area contributed by atoms with Crippen molar-refractivity contribution in [1.29, 1.82) is 0 Å². The summed E-state index contributed by atoms with van der Waals surface area (Å²) in [6, 6.07) is 0. The topological polar surface area (TPSA) is 46.9 Å². The van der Waals surface area contributed by atoms with Crippen molar-refractivity contribution < 1.29 is 0 Å². The van der Waals surface area contributed by atoms with Gasteiger partial charge in [0, 0.05) is 24.5 Å². The van der Waals surface area contributed by atoms with E-state index >= 15 is 0 Å². The third-order valence-electron chi connectivity index (χ3n) is 3.59. The van der Waals surface area contributed by atoms with Gasteiger partial charge in [-0.25, -0.2) is 4.98 Å². The number of hydrogen-bond acceptors (Lipinski definition) is 3. The Balaban J connectivity index is 2.82. The van der Waals surface area contributed by atoms with Gasteiger partial charge >= 0.3 is 0 Å². The minimum Gasteiger partial charge on any atom is -0.364 e. The lowest BCUT2D eigenvalue weighted by Gasteiger charge is -2.23. The quantitative estimate of drug-likeness (QED) is 0.818. The summed E-state index contributed by atoms with van der Waals surface area (Å²) in [6.45, 7) is 10.8. The third-order valence-corrected chi connectivity index (χ3v) is 4.10. The smallest absolute Gasteiger partial charge is 0.293 e. The van der Waals surface area contributed by atoms with Crippen LogP contribution >= 0.6 is 11.6 Å². The average Bonchev–Trinajstić information content (AvgIpc) is 2.37. The van der Waals surface area contributed by atoms with E-state index in [1.807, 2.05) is 20.8 Å². The van der Waals surface area contributed by atoms with Crippen molar-refractivity contribution in [2.45, 2.75) is 58.4 Å². The standard InChI is InChI=1S/C15H26ClN3O/c1-6-11(7-2)12(16)10-18-13-14(20)19(9-8-17-13)15(3,4)5/h8-9,11-12H,6-7,10H2,1-5H3,(H,17,18). The predicted molar refractivity (Wildman–Crippen MR) is 85.7 cm³/mol. The van der Waals surface area contributed by atoms with Crippen LogP contribution in [0.2, 0.25) is 0 Å². The zero-order chi connectivity index (χ0) is 15.3. The normalized spacial score (nSPS) is 13.6. The Labute approximate surface area is 126 Å². The van der Waals surface area contributed by atoms with Gasteiger partial charge in [0.05, 0.1) is 5.38 Å². The molecule has 1 aromatic heterocycles. The van der Waals surface area contributed by atoms with E-state index < -0.39 is 0 Å². The van der Waals surface area contributed by atoms with Gasteiger partial charge in [0.1, 0.15) is 0 Å². The van der Waals surface area contributed by atoms with Gasteiger partial charge in [-0.15, -0.1) is 11.6 Å². The molecule has 1 heterocycles. The second-order valence-corrected chi connectivity index (χ2v) is 6.66. The first-order valence-electron chi connectivity index (χ1n) is 7.27. The summed E-state index contributed by atoms with van der Waals surface area (Å²) in [6.07, 6.45) is 5.45. The number of rotatable bonds is 6. The maximum Gasteiger partial charge on any atom is 0.293 e. The molecule has 5 heteroatoms. The van der Waals surface area contributed by atoms with Crippen molar-refractivity contribution in [3.8, 4) is 0 Å². The zero-order valence-corrected chi connectivity index (χ0v) is 13.9. The summed E-state index contributed by atoms with van der Waals surface area (Å²) in [7, 11) is 0. The number of halogens is 1.